The van der Waals surface area contributed by atoms with Crippen molar-refractivity contribution in [2.45, 2.75) is 26.2 Å². The average Bonchev–Trinajstić information content (AvgIpc) is 2.21. The molecule has 0 nitrogen and oxygen atoms in total. The number of unbranched alkanes of at least 4 members (excludes halogenated alkanes) is 1. The van der Waals surface area contributed by atoms with E-state index in [-0.39, 0.29) is 11.0 Å². The molecule has 0 aromatic heterocycles. The van der Waals surface area contributed by atoms with Crippen molar-refractivity contribution in [1.82, 2.24) is 0 Å². The van der Waals surface area contributed by atoms with Crippen molar-refractivity contribution in [1.29, 1.82) is 0 Å². The van der Waals surface area contributed by atoms with Crippen LogP contribution in [0.3, 0.4) is 0 Å². The van der Waals surface area contributed by atoms with Crippen LogP contribution in [0.4, 0.5) is 4.39 Å². The Bertz CT molecular complexity index is 267. The molecule has 0 N–H and O–H groups in total. The van der Waals surface area contributed by atoms with Crippen molar-refractivity contribution >= 4 is 16.5 Å². The normalized spacial score (nSPS) is 10.9. The summed E-state index contributed by atoms with van der Waals surface area (Å²) < 4.78 is 12.5. The molecule has 0 heterocycles. The summed E-state index contributed by atoms with van der Waals surface area (Å²) in [7, 11) is 0. The Kier molecular flexibility index (Phi) is 7.03. The van der Waals surface area contributed by atoms with E-state index in [1.54, 1.807) is 0 Å². The summed E-state index contributed by atoms with van der Waals surface area (Å²) in [5, 5.41) is 0. The fourth-order valence-corrected chi connectivity index (χ4v) is 1.28. The van der Waals surface area contributed by atoms with Gasteiger partial charge in [-0.1, -0.05) is 43.7 Å². The Morgan fingerprint density at radius 3 is 2.43 bits per heavy atom. The summed E-state index contributed by atoms with van der Waals surface area (Å²) in [4.78, 5) is 0. The Balaban J connectivity index is 0.00000169. The minimum Gasteiger partial charge on any atom is -0.215 e. The van der Waals surface area contributed by atoms with Crippen LogP contribution in [0.5, 0.6) is 0 Å². The second kappa shape index (κ2) is 7.51. The molecule has 1 rings (SSSR count). The smallest absolute Gasteiger partial charge is 0.0904 e. The van der Waals surface area contributed by atoms with E-state index in [1.807, 2.05) is 30.3 Å². The molecule has 0 atom stereocenters. The Morgan fingerprint density at radius 1 is 1.29 bits per heavy atom. The number of halogens is 1. The molecule has 0 unspecified atom stereocenters. The number of allylic oxidation sites excluding steroid dienone is 1. The van der Waals surface area contributed by atoms with E-state index in [9.17, 15) is 4.39 Å². The predicted octanol–water partition coefficient (Wildman–Crippen LogP) is 2.74. The highest BCUT2D eigenvalue weighted by Crippen LogP contribution is 2.20. The number of hydrogen-bond acceptors (Lipinski definition) is 0. The fraction of sp³-hybridized carbons (Fsp3) is 0.333. The average molecular weight is 210 g/mol. The van der Waals surface area contributed by atoms with Crippen LogP contribution in [-0.2, 0) is 0 Å². The maximum atomic E-state index is 12.5. The van der Waals surface area contributed by atoms with Gasteiger partial charge in [-0.15, -0.1) is 0 Å². The maximum absolute atomic E-state index is 12.5. The summed E-state index contributed by atoms with van der Waals surface area (Å²) in [6.07, 6.45) is 3.71. The quantitative estimate of drug-likeness (QED) is 0.670. The van der Waals surface area contributed by atoms with Gasteiger partial charge in [0, 0.05) is 0 Å². The SMILES string of the molecule is CCCCC(=CF)c1ccccc1.[SiH4]. The summed E-state index contributed by atoms with van der Waals surface area (Å²) >= 11 is 0. The topological polar surface area (TPSA) is 0 Å². The van der Waals surface area contributed by atoms with Gasteiger partial charge in [-0.2, -0.15) is 0 Å². The predicted molar refractivity (Wildman–Crippen MR) is 66.4 cm³/mol. The van der Waals surface area contributed by atoms with Crippen LogP contribution in [0.15, 0.2) is 36.7 Å². The van der Waals surface area contributed by atoms with Crippen LogP contribution in [0.2, 0.25) is 0 Å². The molecule has 0 saturated carbocycles. The third-order valence-corrected chi connectivity index (χ3v) is 2.08. The van der Waals surface area contributed by atoms with Crippen molar-refractivity contribution in [3.8, 4) is 0 Å². The number of benzene rings is 1. The molecule has 0 aliphatic rings. The second-order valence-electron chi connectivity index (χ2n) is 3.10. The van der Waals surface area contributed by atoms with Gasteiger partial charge >= 0.3 is 0 Å². The van der Waals surface area contributed by atoms with E-state index < -0.39 is 0 Å². The summed E-state index contributed by atoms with van der Waals surface area (Å²) in [6.45, 7) is 2.11. The molecule has 2 heteroatoms. The third kappa shape index (κ3) is 3.88. The van der Waals surface area contributed by atoms with Gasteiger partial charge in [-0.3, -0.25) is 0 Å². The number of rotatable bonds is 4. The minimum atomic E-state index is 0. The molecule has 0 saturated heterocycles. The van der Waals surface area contributed by atoms with Crippen LogP contribution in [0, 0.1) is 0 Å². The largest absolute Gasteiger partial charge is 0.215 e. The van der Waals surface area contributed by atoms with E-state index in [0.29, 0.717) is 0 Å². The molecule has 1 aromatic rings. The molecule has 0 bridgehead atoms. The second-order valence-corrected chi connectivity index (χ2v) is 3.10. The van der Waals surface area contributed by atoms with Gasteiger partial charge in [-0.05, 0) is 34.9 Å². The lowest BCUT2D eigenvalue weighted by atomic mass is 10.0. The fourth-order valence-electron chi connectivity index (χ4n) is 1.28. The lowest BCUT2D eigenvalue weighted by Gasteiger charge is -2.03. The first kappa shape index (κ1) is 13.1. The third-order valence-electron chi connectivity index (χ3n) is 2.08. The molecular weight excluding hydrogens is 191 g/mol. The van der Waals surface area contributed by atoms with Gasteiger partial charge in [0.05, 0.1) is 6.33 Å². The Hall–Kier alpha value is -0.893. The van der Waals surface area contributed by atoms with Gasteiger partial charge in [0.15, 0.2) is 0 Å². The van der Waals surface area contributed by atoms with Crippen LogP contribution < -0.4 is 0 Å². The molecule has 1 aromatic carbocycles. The molecule has 0 aliphatic heterocycles. The molecule has 0 fully saturated rings. The first-order valence-electron chi connectivity index (χ1n) is 4.73. The van der Waals surface area contributed by atoms with E-state index in [0.717, 1.165) is 36.7 Å². The van der Waals surface area contributed by atoms with Crippen LogP contribution in [0.25, 0.3) is 5.57 Å². The molecule has 78 valence electrons. The molecule has 0 radical (unpaired) electrons. The monoisotopic (exact) mass is 210 g/mol. The zero-order valence-electron chi connectivity index (χ0n) is 7.96. The van der Waals surface area contributed by atoms with Crippen LogP contribution in [-0.4, -0.2) is 11.0 Å². The van der Waals surface area contributed by atoms with Gasteiger partial charge in [0.1, 0.15) is 0 Å². The van der Waals surface area contributed by atoms with E-state index >= 15 is 0 Å². The highest BCUT2D eigenvalue weighted by Gasteiger charge is 1.99. The van der Waals surface area contributed by atoms with Crippen LogP contribution >= 0.6 is 0 Å². The molecular formula is C12H19FSi. The molecule has 14 heavy (non-hydrogen) atoms. The van der Waals surface area contributed by atoms with Crippen LogP contribution in [0.1, 0.15) is 31.7 Å². The van der Waals surface area contributed by atoms with Gasteiger partial charge in [0.2, 0.25) is 0 Å². The van der Waals surface area contributed by atoms with Gasteiger partial charge in [0.25, 0.3) is 0 Å². The molecule has 0 amide bonds. The molecule has 0 spiro atoms. The van der Waals surface area contributed by atoms with Crippen molar-refractivity contribution in [2.24, 2.45) is 0 Å². The lowest BCUT2D eigenvalue weighted by Crippen LogP contribution is -1.83. The zero-order valence-corrected chi connectivity index (χ0v) is 7.96. The standard InChI is InChI=1S/C12H15F.H4Si/c1-2-3-7-12(10-13)11-8-5-4-6-9-11;/h4-6,8-10H,2-3,7H2,1H3;1H4. The summed E-state index contributed by atoms with van der Waals surface area (Å²) in [5.41, 5.74) is 1.81. The Morgan fingerprint density at radius 2 is 1.93 bits per heavy atom. The van der Waals surface area contributed by atoms with Crippen molar-refractivity contribution in [2.75, 3.05) is 0 Å². The summed E-state index contributed by atoms with van der Waals surface area (Å²) in [6, 6.07) is 9.71. The van der Waals surface area contributed by atoms with E-state index in [1.165, 1.54) is 0 Å². The minimum absolute atomic E-state index is 0. The van der Waals surface area contributed by atoms with Crippen molar-refractivity contribution in [3.05, 3.63) is 42.2 Å². The first-order valence-corrected chi connectivity index (χ1v) is 4.73. The van der Waals surface area contributed by atoms with Crippen molar-refractivity contribution in [3.63, 3.8) is 0 Å². The highest BCUT2D eigenvalue weighted by atomic mass is 28.1. The van der Waals surface area contributed by atoms with Crippen molar-refractivity contribution < 1.29 is 4.39 Å². The zero-order chi connectivity index (χ0) is 9.52. The molecule has 0 aliphatic carbocycles. The van der Waals surface area contributed by atoms with E-state index in [2.05, 4.69) is 6.92 Å². The number of hydrogen-bond donors (Lipinski definition) is 0. The summed E-state index contributed by atoms with van der Waals surface area (Å²) in [5.74, 6) is 0. The van der Waals surface area contributed by atoms with Gasteiger partial charge in [-0.25, -0.2) is 4.39 Å². The van der Waals surface area contributed by atoms with E-state index in [4.69, 9.17) is 0 Å². The Labute approximate surface area is 89.9 Å². The van der Waals surface area contributed by atoms with Gasteiger partial charge < -0.3 is 0 Å². The lowest BCUT2D eigenvalue weighted by molar-refractivity contribution is 0.713. The highest BCUT2D eigenvalue weighted by molar-refractivity contribution is 5.75. The maximum Gasteiger partial charge on any atom is 0.0904 e. The first-order chi connectivity index (χ1) is 6.38.